The van der Waals surface area contributed by atoms with Gasteiger partial charge in [0.2, 0.25) is 5.88 Å². The molecule has 0 saturated carbocycles. The van der Waals surface area contributed by atoms with E-state index in [0.29, 0.717) is 5.56 Å². The van der Waals surface area contributed by atoms with Gasteiger partial charge in [0.15, 0.2) is 17.6 Å². The third-order valence-corrected chi connectivity index (χ3v) is 4.69. The van der Waals surface area contributed by atoms with E-state index < -0.39 is 24.0 Å². The number of rotatable bonds is 8. The summed E-state index contributed by atoms with van der Waals surface area (Å²) in [5.41, 5.74) is 6.40. The number of nitriles is 1. The Morgan fingerprint density at radius 1 is 1.35 bits per heavy atom. The van der Waals surface area contributed by atoms with Crippen molar-refractivity contribution in [3.63, 3.8) is 0 Å². The van der Waals surface area contributed by atoms with E-state index >= 15 is 0 Å². The van der Waals surface area contributed by atoms with Gasteiger partial charge in [-0.3, -0.25) is 0 Å². The molecule has 0 amide bonds. The van der Waals surface area contributed by atoms with Gasteiger partial charge in [-0.1, -0.05) is 11.6 Å². The first-order valence-corrected chi connectivity index (χ1v) is 9.85. The van der Waals surface area contributed by atoms with Gasteiger partial charge in [-0.25, -0.2) is 9.59 Å². The number of carbonyl (C=O) groups is 2. The molecule has 0 saturated heterocycles. The van der Waals surface area contributed by atoms with Crippen LogP contribution in [0.3, 0.4) is 0 Å². The Balaban J connectivity index is 2.69. The number of carbonyl (C=O) groups excluding carboxylic acids is 1. The van der Waals surface area contributed by atoms with Crippen LogP contribution in [0.25, 0.3) is 0 Å². The van der Waals surface area contributed by atoms with E-state index in [1.165, 1.54) is 26.0 Å². The fourth-order valence-corrected chi connectivity index (χ4v) is 3.31. The minimum absolute atomic E-state index is 0.000240. The summed E-state index contributed by atoms with van der Waals surface area (Å²) in [5.74, 6) is -2.55. The van der Waals surface area contributed by atoms with Crippen LogP contribution in [0.2, 0.25) is 5.02 Å². The number of esters is 1. The normalized spacial score (nSPS) is 16.8. The number of carboxylic acids is 1. The van der Waals surface area contributed by atoms with E-state index in [1.807, 2.05) is 6.07 Å². The van der Waals surface area contributed by atoms with Gasteiger partial charge in [-0.05, 0) is 45.4 Å². The highest BCUT2D eigenvalue weighted by molar-refractivity contribution is 6.32. The minimum Gasteiger partial charge on any atom is -0.490 e. The molecule has 0 radical (unpaired) electrons. The zero-order chi connectivity index (χ0) is 23.3. The molecule has 1 heterocycles. The number of nitrogens with zero attached hydrogens (tertiary/aromatic N) is 1. The Bertz CT molecular complexity index is 994. The Morgan fingerprint density at radius 3 is 2.58 bits per heavy atom. The summed E-state index contributed by atoms with van der Waals surface area (Å²) in [5, 5.41) is 18.9. The smallest absolute Gasteiger partial charge is 0.344 e. The number of aliphatic carboxylic acids is 1. The van der Waals surface area contributed by atoms with Crippen molar-refractivity contribution in [1.29, 1.82) is 5.26 Å². The molecule has 166 valence electrons. The lowest BCUT2D eigenvalue weighted by Gasteiger charge is -2.27. The van der Waals surface area contributed by atoms with Crippen molar-refractivity contribution in [1.82, 2.24) is 0 Å². The second-order valence-corrected chi connectivity index (χ2v) is 6.88. The zero-order valence-corrected chi connectivity index (χ0v) is 18.3. The molecule has 10 heteroatoms. The monoisotopic (exact) mass is 450 g/mol. The molecule has 2 rings (SSSR count). The van der Waals surface area contributed by atoms with Crippen molar-refractivity contribution in [3.8, 4) is 17.6 Å². The van der Waals surface area contributed by atoms with E-state index in [2.05, 4.69) is 0 Å². The first-order chi connectivity index (χ1) is 14.7. The summed E-state index contributed by atoms with van der Waals surface area (Å²) in [6.07, 6.45) is -1.19. The van der Waals surface area contributed by atoms with Crippen molar-refractivity contribution < 1.29 is 33.6 Å². The first kappa shape index (κ1) is 23.9. The van der Waals surface area contributed by atoms with Crippen LogP contribution in [0.15, 0.2) is 34.9 Å². The van der Waals surface area contributed by atoms with E-state index in [4.69, 9.17) is 41.4 Å². The Morgan fingerprint density at radius 2 is 2.03 bits per heavy atom. The summed E-state index contributed by atoms with van der Waals surface area (Å²) in [6.45, 7) is 6.62. The molecule has 1 aromatic carbocycles. The van der Waals surface area contributed by atoms with Gasteiger partial charge in [0.25, 0.3) is 0 Å². The molecule has 3 N–H and O–H groups in total. The van der Waals surface area contributed by atoms with Gasteiger partial charge in [0.1, 0.15) is 17.4 Å². The Kier molecular flexibility index (Phi) is 7.78. The second-order valence-electron chi connectivity index (χ2n) is 6.48. The molecule has 9 nitrogen and oxygen atoms in total. The molecular weight excluding hydrogens is 428 g/mol. The highest BCUT2D eigenvalue weighted by atomic mass is 35.5. The standard InChI is InChI=1S/C21H23ClN2O7/c1-5-28-15-8-12(7-14(22)18(15)30-11(4)20(25)26)17-13(9-23)19(24)31-10(3)16(17)21(27)29-6-2/h7-8,11,17H,5-6,24H2,1-4H3,(H,25,26). The number of nitrogens with two attached hydrogens (primary N) is 1. The predicted molar refractivity (Wildman–Crippen MR) is 110 cm³/mol. The number of benzene rings is 1. The van der Waals surface area contributed by atoms with E-state index in [1.54, 1.807) is 13.8 Å². The summed E-state index contributed by atoms with van der Waals surface area (Å²) in [7, 11) is 0. The molecule has 0 spiro atoms. The van der Waals surface area contributed by atoms with Crippen LogP contribution in [0.1, 0.15) is 39.2 Å². The van der Waals surface area contributed by atoms with Gasteiger partial charge >= 0.3 is 11.9 Å². The topological polar surface area (TPSA) is 141 Å². The lowest BCUT2D eigenvalue weighted by Crippen LogP contribution is -2.26. The van der Waals surface area contributed by atoms with Crippen LogP contribution in [0.5, 0.6) is 11.5 Å². The van der Waals surface area contributed by atoms with E-state index in [9.17, 15) is 14.9 Å². The van der Waals surface area contributed by atoms with Crippen LogP contribution < -0.4 is 15.2 Å². The molecule has 1 aromatic rings. The van der Waals surface area contributed by atoms with Crippen molar-refractivity contribution in [2.24, 2.45) is 5.73 Å². The number of ether oxygens (including phenoxy) is 4. The van der Waals surface area contributed by atoms with E-state index in [0.717, 1.165) is 0 Å². The molecule has 2 atom stereocenters. The highest BCUT2D eigenvalue weighted by Crippen LogP contribution is 2.45. The first-order valence-electron chi connectivity index (χ1n) is 9.47. The van der Waals surface area contributed by atoms with Gasteiger partial charge in [-0.2, -0.15) is 5.26 Å². The van der Waals surface area contributed by atoms with E-state index in [-0.39, 0.29) is 52.5 Å². The van der Waals surface area contributed by atoms with Crippen LogP contribution in [0.4, 0.5) is 0 Å². The average Bonchev–Trinajstić information content (AvgIpc) is 2.69. The fourth-order valence-electron chi connectivity index (χ4n) is 3.05. The summed E-state index contributed by atoms with van der Waals surface area (Å²) < 4.78 is 21.6. The Hall–Kier alpha value is -3.38. The van der Waals surface area contributed by atoms with Gasteiger partial charge in [0, 0.05) is 0 Å². The Labute approximate surface area is 184 Å². The number of halogens is 1. The van der Waals surface area contributed by atoms with Crippen molar-refractivity contribution in [2.75, 3.05) is 13.2 Å². The molecule has 0 bridgehead atoms. The average molecular weight is 451 g/mol. The highest BCUT2D eigenvalue weighted by Gasteiger charge is 2.37. The summed E-state index contributed by atoms with van der Waals surface area (Å²) in [6, 6.07) is 4.96. The molecule has 2 unspecified atom stereocenters. The van der Waals surface area contributed by atoms with Crippen LogP contribution in [-0.4, -0.2) is 36.4 Å². The SMILES string of the molecule is CCOC(=O)C1=C(C)OC(N)=C(C#N)C1c1cc(Cl)c(OC(C)C(=O)O)c(OCC)c1. The van der Waals surface area contributed by atoms with Crippen LogP contribution in [-0.2, 0) is 19.1 Å². The minimum atomic E-state index is -1.19. The maximum absolute atomic E-state index is 12.7. The molecule has 1 aliphatic rings. The molecule has 31 heavy (non-hydrogen) atoms. The molecule has 0 aromatic heterocycles. The fraction of sp³-hybridized carbons (Fsp3) is 0.381. The van der Waals surface area contributed by atoms with Gasteiger partial charge in [-0.15, -0.1) is 0 Å². The van der Waals surface area contributed by atoms with Crippen LogP contribution >= 0.6 is 11.6 Å². The number of allylic oxidation sites excluding steroid dienone is 2. The molecule has 0 fully saturated rings. The van der Waals surface area contributed by atoms with Crippen molar-refractivity contribution in [3.05, 3.63) is 45.5 Å². The lowest BCUT2D eigenvalue weighted by atomic mass is 9.83. The quantitative estimate of drug-likeness (QED) is 0.570. The number of hydrogen-bond acceptors (Lipinski definition) is 8. The zero-order valence-electron chi connectivity index (χ0n) is 17.5. The molecule has 0 aliphatic carbocycles. The van der Waals surface area contributed by atoms with Crippen LogP contribution in [0, 0.1) is 11.3 Å². The summed E-state index contributed by atoms with van der Waals surface area (Å²) >= 11 is 6.40. The number of carboxylic acid groups (broad SMARTS) is 1. The molecule has 1 aliphatic heterocycles. The third kappa shape index (κ3) is 5.03. The third-order valence-electron chi connectivity index (χ3n) is 4.41. The van der Waals surface area contributed by atoms with Crippen molar-refractivity contribution in [2.45, 2.75) is 39.7 Å². The maximum atomic E-state index is 12.7. The van der Waals surface area contributed by atoms with Crippen molar-refractivity contribution >= 4 is 23.5 Å². The second kappa shape index (κ2) is 10.1. The molecular formula is C21H23ClN2O7. The predicted octanol–water partition coefficient (Wildman–Crippen LogP) is 3.24. The number of hydrogen-bond donors (Lipinski definition) is 2. The lowest BCUT2D eigenvalue weighted by molar-refractivity contribution is -0.144. The maximum Gasteiger partial charge on any atom is 0.344 e. The van der Waals surface area contributed by atoms with Gasteiger partial charge in [0.05, 0.1) is 29.7 Å². The summed E-state index contributed by atoms with van der Waals surface area (Å²) in [4.78, 5) is 23.9. The van der Waals surface area contributed by atoms with Gasteiger partial charge < -0.3 is 29.8 Å². The largest absolute Gasteiger partial charge is 0.490 e.